The molecular weight excluding hydrogens is 874 g/mol. The van der Waals surface area contributed by atoms with E-state index in [-0.39, 0.29) is 30.7 Å². The smallest absolute Gasteiger partial charge is 0.345 e. The van der Waals surface area contributed by atoms with Gasteiger partial charge in [-0.15, -0.1) is 0 Å². The van der Waals surface area contributed by atoms with Gasteiger partial charge in [0.2, 0.25) is 12.0 Å². The summed E-state index contributed by atoms with van der Waals surface area (Å²) in [5.41, 5.74) is 5.23. The summed E-state index contributed by atoms with van der Waals surface area (Å²) in [6.45, 7) is 6.16. The predicted molar refractivity (Wildman–Crippen MR) is 245 cm³/mol. The molecule has 3 aliphatic heterocycles. The van der Waals surface area contributed by atoms with Crippen molar-refractivity contribution in [3.05, 3.63) is 136 Å². The normalized spacial score (nSPS) is 16.9. The molecule has 4 bridgehead atoms. The molecule has 3 aromatic heterocycles. The summed E-state index contributed by atoms with van der Waals surface area (Å²) in [6.07, 6.45) is 2.70. The van der Waals surface area contributed by atoms with Gasteiger partial charge >= 0.3 is 5.97 Å². The zero-order chi connectivity index (χ0) is 45.2. The van der Waals surface area contributed by atoms with Crippen LogP contribution < -0.4 is 23.7 Å². The number of benzene rings is 4. The Bertz CT molecular complexity index is 2870. The zero-order valence-corrected chi connectivity index (χ0v) is 37.4. The minimum absolute atomic E-state index is 0.00250. The molecule has 3 aliphatic rings. The summed E-state index contributed by atoms with van der Waals surface area (Å²) in [7, 11) is 3.70. The summed E-state index contributed by atoms with van der Waals surface area (Å²) >= 11 is 14.5. The number of methoxy groups -OCH3 is 1. The van der Waals surface area contributed by atoms with Crippen LogP contribution in [0.25, 0.3) is 39.2 Å². The fraction of sp³-hybridized carbons (Fsp3) is 0.265. The quantitative estimate of drug-likeness (QED) is 0.148. The van der Waals surface area contributed by atoms with Crippen molar-refractivity contribution < 1.29 is 38.0 Å². The molecular formula is C49H45Cl2FN6O7. The highest BCUT2D eigenvalue weighted by atomic mass is 35.5. The van der Waals surface area contributed by atoms with E-state index in [2.05, 4.69) is 26.8 Å². The number of likely N-dealkylation sites (N-methyl/N-ethyl adjacent to an activating group) is 1. The molecule has 4 aromatic carbocycles. The number of fused-ring (bicyclic) bond motifs is 7. The van der Waals surface area contributed by atoms with Gasteiger partial charge in [-0.1, -0.05) is 53.5 Å². The van der Waals surface area contributed by atoms with Gasteiger partial charge in [0.1, 0.15) is 58.8 Å². The maximum Gasteiger partial charge on any atom is 0.345 e. The molecule has 0 unspecified atom stereocenters. The summed E-state index contributed by atoms with van der Waals surface area (Å²) in [5, 5.41) is 11.5. The highest BCUT2D eigenvalue weighted by Gasteiger charge is 2.31. The number of ether oxygens (including phenoxy) is 5. The number of halogens is 3. The van der Waals surface area contributed by atoms with E-state index in [0.29, 0.717) is 85.0 Å². The van der Waals surface area contributed by atoms with Gasteiger partial charge in [0.25, 0.3) is 0 Å². The average Bonchev–Trinajstić information content (AvgIpc) is 3.61. The lowest BCUT2D eigenvalue weighted by Crippen LogP contribution is -2.49. The summed E-state index contributed by atoms with van der Waals surface area (Å²) < 4.78 is 47.7. The first-order valence-corrected chi connectivity index (χ1v) is 21.8. The van der Waals surface area contributed by atoms with Crippen molar-refractivity contribution in [2.75, 3.05) is 53.5 Å². The molecule has 1 N–H and O–H groups in total. The van der Waals surface area contributed by atoms with Crippen molar-refractivity contribution in [3.63, 3.8) is 0 Å². The van der Waals surface area contributed by atoms with E-state index >= 15 is 0 Å². The molecule has 10 rings (SSSR count). The minimum Gasteiger partial charge on any atom is -0.496 e. The maximum absolute atomic E-state index is 14.3. The van der Waals surface area contributed by atoms with Crippen LogP contribution in [0.5, 0.6) is 28.9 Å². The molecule has 16 heteroatoms. The molecule has 0 aliphatic carbocycles. The van der Waals surface area contributed by atoms with E-state index in [4.69, 9.17) is 51.9 Å². The lowest BCUT2D eigenvalue weighted by Gasteiger charge is -2.34. The van der Waals surface area contributed by atoms with Gasteiger partial charge in [-0.05, 0) is 85.3 Å². The van der Waals surface area contributed by atoms with Crippen LogP contribution in [0, 0.1) is 12.7 Å². The lowest BCUT2D eigenvalue weighted by molar-refractivity contribution is -0.145. The Balaban J connectivity index is 1.15. The monoisotopic (exact) mass is 918 g/mol. The number of aliphatic carboxylic acids is 1. The topological polar surface area (TPSA) is 133 Å². The van der Waals surface area contributed by atoms with Crippen LogP contribution in [0.3, 0.4) is 0 Å². The largest absolute Gasteiger partial charge is 0.496 e. The van der Waals surface area contributed by atoms with Gasteiger partial charge in [0, 0.05) is 74.4 Å². The van der Waals surface area contributed by atoms with Crippen LogP contribution in [-0.2, 0) is 17.8 Å². The van der Waals surface area contributed by atoms with Crippen molar-refractivity contribution in [2.45, 2.75) is 32.2 Å². The van der Waals surface area contributed by atoms with E-state index in [0.717, 1.165) is 31.7 Å². The van der Waals surface area contributed by atoms with E-state index in [9.17, 15) is 14.3 Å². The second-order valence-corrected chi connectivity index (χ2v) is 16.7. The molecule has 1 fully saturated rings. The van der Waals surface area contributed by atoms with Crippen molar-refractivity contribution in [1.82, 2.24) is 29.2 Å². The number of nitrogens with zero attached hydrogens (tertiary/aromatic N) is 6. The van der Waals surface area contributed by atoms with Crippen LogP contribution in [0.4, 0.5) is 4.39 Å². The van der Waals surface area contributed by atoms with Crippen molar-refractivity contribution in [2.24, 2.45) is 0 Å². The third kappa shape index (κ3) is 9.25. The summed E-state index contributed by atoms with van der Waals surface area (Å²) in [4.78, 5) is 31.7. The van der Waals surface area contributed by atoms with Gasteiger partial charge in [0.05, 0.1) is 23.4 Å². The van der Waals surface area contributed by atoms with E-state index in [1.165, 1.54) is 18.3 Å². The van der Waals surface area contributed by atoms with Crippen LogP contribution in [-0.4, -0.2) is 106 Å². The standard InChI is InChI=1S/C49H45Cl2FN6O7/c1-29-36-13-15-40(44(29)50)64-35(26-57-22-20-56(2)21-23-57)28-62-34-12-14-38(63-27-33-16-17-53-47(55-33)37-6-4-5-7-39(37)61-3)31(24-34)25-41(49(59)60)65-48-45-43(36)42(30-8-10-32(52)11-9-30)46(51)58(45)19-18-54-48/h4-19,24,35,41H,20-23,25-28H2,1-3H3,(H,59,60)/t35-,41+/m1/s1. The molecule has 13 nitrogen and oxygen atoms in total. The van der Waals surface area contributed by atoms with E-state index < -0.39 is 24.0 Å². The third-order valence-electron chi connectivity index (χ3n) is 11.7. The molecule has 65 heavy (non-hydrogen) atoms. The Kier molecular flexibility index (Phi) is 12.8. The number of carbonyl (C=O) groups is 1. The van der Waals surface area contributed by atoms with Crippen LogP contribution in [0.1, 0.15) is 16.8 Å². The van der Waals surface area contributed by atoms with E-state index in [1.807, 2.05) is 43.3 Å². The number of piperazine rings is 1. The number of carboxylic acid groups (broad SMARTS) is 1. The molecule has 334 valence electrons. The second-order valence-electron chi connectivity index (χ2n) is 16.0. The second kappa shape index (κ2) is 18.9. The Morgan fingerprint density at radius 1 is 0.908 bits per heavy atom. The summed E-state index contributed by atoms with van der Waals surface area (Å²) in [5.74, 6) is 0.746. The van der Waals surface area contributed by atoms with Gasteiger partial charge < -0.3 is 38.1 Å². The van der Waals surface area contributed by atoms with Crippen LogP contribution in [0.2, 0.25) is 10.2 Å². The first-order valence-electron chi connectivity index (χ1n) is 21.1. The van der Waals surface area contributed by atoms with Gasteiger partial charge in [0.15, 0.2) is 5.82 Å². The Morgan fingerprint density at radius 2 is 1.71 bits per heavy atom. The fourth-order valence-corrected chi connectivity index (χ4v) is 8.80. The zero-order valence-electron chi connectivity index (χ0n) is 35.8. The molecule has 0 saturated carbocycles. The average molecular weight is 920 g/mol. The fourth-order valence-electron chi connectivity index (χ4n) is 8.25. The van der Waals surface area contributed by atoms with Crippen molar-refractivity contribution >= 4 is 34.7 Å². The first-order chi connectivity index (χ1) is 31.5. The molecule has 1 saturated heterocycles. The van der Waals surface area contributed by atoms with Gasteiger partial charge in [-0.2, -0.15) is 0 Å². The van der Waals surface area contributed by atoms with Crippen LogP contribution in [0.15, 0.2) is 104 Å². The highest BCUT2D eigenvalue weighted by molar-refractivity contribution is 6.35. The lowest BCUT2D eigenvalue weighted by atomic mass is 9.94. The highest BCUT2D eigenvalue weighted by Crippen LogP contribution is 2.48. The number of para-hydroxylation sites is 1. The number of hydrogen-bond donors (Lipinski definition) is 1. The molecule has 6 heterocycles. The number of aromatic nitrogens is 4. The first kappa shape index (κ1) is 43.8. The predicted octanol–water partition coefficient (Wildman–Crippen LogP) is 8.93. The Hall–Kier alpha value is -6.45. The Labute approximate surface area is 384 Å². The number of hydrogen-bond acceptors (Lipinski definition) is 11. The van der Waals surface area contributed by atoms with Gasteiger partial charge in [-0.25, -0.2) is 24.1 Å². The summed E-state index contributed by atoms with van der Waals surface area (Å²) in [6, 6.07) is 24.2. The Morgan fingerprint density at radius 3 is 2.49 bits per heavy atom. The molecule has 7 aromatic rings. The third-order valence-corrected chi connectivity index (χ3v) is 12.5. The van der Waals surface area contributed by atoms with Crippen LogP contribution >= 0.6 is 23.2 Å². The number of carboxylic acids is 1. The van der Waals surface area contributed by atoms with E-state index in [1.54, 1.807) is 60.3 Å². The van der Waals surface area contributed by atoms with Crippen molar-refractivity contribution in [3.8, 4) is 62.5 Å². The molecule has 2 atom stereocenters. The molecule has 0 amide bonds. The molecule has 0 radical (unpaired) electrons. The SMILES string of the molecule is COc1ccccc1-c1nccc(COc2ccc3cc2C[C@@H](C(=O)O)Oc2nccn4c(Cl)c(-c5ccc(F)cc5)c(c24)-c2ccc(c(Cl)c2C)O[C@H](CN2CCN(C)CC2)CO3)n1. The maximum atomic E-state index is 14.3. The number of rotatable bonds is 9. The van der Waals surface area contributed by atoms with Crippen molar-refractivity contribution in [1.29, 1.82) is 0 Å². The minimum atomic E-state index is -1.48. The van der Waals surface area contributed by atoms with Gasteiger partial charge in [-0.3, -0.25) is 4.90 Å². The molecule has 0 spiro atoms.